The second-order valence-electron chi connectivity index (χ2n) is 6.21. The summed E-state index contributed by atoms with van der Waals surface area (Å²) in [5, 5.41) is 9.93. The van der Waals surface area contributed by atoms with Crippen molar-refractivity contribution in [3.05, 3.63) is 71.2 Å². The quantitative estimate of drug-likeness (QED) is 0.688. The lowest BCUT2D eigenvalue weighted by Crippen LogP contribution is -2.38. The molecule has 0 unspecified atom stereocenters. The predicted octanol–water partition coefficient (Wildman–Crippen LogP) is 2.24. The molecule has 11 heteroatoms. The average molecular weight is 424 g/mol. The van der Waals surface area contributed by atoms with Crippen molar-refractivity contribution in [2.75, 3.05) is 0 Å². The van der Waals surface area contributed by atoms with Gasteiger partial charge in [0.05, 0.1) is 15.7 Å². The standard InChI is InChI=1S/C17H15Cl2N5O4/c1-8(2)10-6-13(21-22-16(10)26)28-15-11(18)4-9(5-12(15)19)24-14(25)7-20-23(3)17(24)27/h4-8H,1-3H3,(H,22,26). The number of aromatic amines is 1. The van der Waals surface area contributed by atoms with Crippen LogP contribution in [0.2, 0.25) is 10.0 Å². The molecule has 3 rings (SSSR count). The molecule has 0 saturated carbocycles. The number of nitrogens with one attached hydrogen (secondary N) is 1. The average Bonchev–Trinajstić information content (AvgIpc) is 2.62. The minimum Gasteiger partial charge on any atom is -0.434 e. The van der Waals surface area contributed by atoms with Crippen molar-refractivity contribution in [2.24, 2.45) is 7.05 Å². The van der Waals surface area contributed by atoms with Gasteiger partial charge in [0.25, 0.3) is 11.1 Å². The lowest BCUT2D eigenvalue weighted by atomic mass is 10.1. The van der Waals surface area contributed by atoms with Crippen molar-refractivity contribution < 1.29 is 4.74 Å². The molecule has 2 aromatic heterocycles. The number of aromatic nitrogens is 5. The predicted molar refractivity (Wildman–Crippen MR) is 104 cm³/mol. The van der Waals surface area contributed by atoms with Gasteiger partial charge in [-0.3, -0.25) is 9.59 Å². The molecule has 0 aliphatic carbocycles. The summed E-state index contributed by atoms with van der Waals surface area (Å²) in [5.74, 6) is 0.120. The molecule has 0 radical (unpaired) electrons. The van der Waals surface area contributed by atoms with Crippen LogP contribution in [0.25, 0.3) is 5.69 Å². The number of rotatable bonds is 4. The van der Waals surface area contributed by atoms with Crippen molar-refractivity contribution in [1.82, 2.24) is 24.5 Å². The molecule has 0 fully saturated rings. The van der Waals surface area contributed by atoms with Crippen molar-refractivity contribution >= 4 is 23.2 Å². The van der Waals surface area contributed by atoms with Gasteiger partial charge in [0.1, 0.15) is 6.20 Å². The largest absolute Gasteiger partial charge is 0.434 e. The number of hydrogen-bond acceptors (Lipinski definition) is 6. The van der Waals surface area contributed by atoms with E-state index in [1.165, 1.54) is 25.2 Å². The van der Waals surface area contributed by atoms with Gasteiger partial charge in [0.2, 0.25) is 5.88 Å². The van der Waals surface area contributed by atoms with Gasteiger partial charge in [-0.1, -0.05) is 37.0 Å². The Morgan fingerprint density at radius 1 is 1.11 bits per heavy atom. The van der Waals surface area contributed by atoms with Gasteiger partial charge >= 0.3 is 5.69 Å². The maximum Gasteiger partial charge on any atom is 0.351 e. The van der Waals surface area contributed by atoms with E-state index < -0.39 is 11.2 Å². The van der Waals surface area contributed by atoms with E-state index in [0.29, 0.717) is 5.56 Å². The number of benzene rings is 1. The minimum atomic E-state index is -0.655. The Bertz CT molecular complexity index is 1210. The lowest BCUT2D eigenvalue weighted by Gasteiger charge is -2.13. The Labute approximate surface area is 168 Å². The van der Waals surface area contributed by atoms with E-state index >= 15 is 0 Å². The van der Waals surface area contributed by atoms with Crippen LogP contribution in [-0.4, -0.2) is 24.5 Å². The lowest BCUT2D eigenvalue weighted by molar-refractivity contribution is 0.452. The number of nitrogens with zero attached hydrogens (tertiary/aromatic N) is 4. The molecular weight excluding hydrogens is 409 g/mol. The summed E-state index contributed by atoms with van der Waals surface area (Å²) in [5.41, 5.74) is -0.957. The van der Waals surface area contributed by atoms with Crippen molar-refractivity contribution in [3.8, 4) is 17.3 Å². The molecule has 0 bridgehead atoms. The third-order valence-corrected chi connectivity index (χ3v) is 4.47. The number of ether oxygens (including phenoxy) is 1. The first-order valence-electron chi connectivity index (χ1n) is 8.11. The molecule has 0 atom stereocenters. The number of aryl methyl sites for hydroxylation is 1. The minimum absolute atomic E-state index is 0.0443. The van der Waals surface area contributed by atoms with Gasteiger partial charge < -0.3 is 4.74 Å². The first-order chi connectivity index (χ1) is 13.2. The third kappa shape index (κ3) is 3.71. The summed E-state index contributed by atoms with van der Waals surface area (Å²) in [6, 6.07) is 4.22. The van der Waals surface area contributed by atoms with Crippen LogP contribution in [0.1, 0.15) is 25.3 Å². The molecule has 2 heterocycles. The molecule has 1 aromatic carbocycles. The first kappa shape index (κ1) is 19.8. The van der Waals surface area contributed by atoms with E-state index in [4.69, 9.17) is 27.9 Å². The van der Waals surface area contributed by atoms with E-state index in [9.17, 15) is 14.4 Å². The molecule has 0 saturated heterocycles. The maximum absolute atomic E-state index is 12.2. The highest BCUT2D eigenvalue weighted by atomic mass is 35.5. The molecule has 1 N–H and O–H groups in total. The zero-order chi connectivity index (χ0) is 20.6. The zero-order valence-electron chi connectivity index (χ0n) is 15.1. The van der Waals surface area contributed by atoms with Gasteiger partial charge in [-0.2, -0.15) is 5.10 Å². The fourth-order valence-electron chi connectivity index (χ4n) is 2.48. The summed E-state index contributed by atoms with van der Waals surface area (Å²) < 4.78 is 7.52. The van der Waals surface area contributed by atoms with E-state index in [-0.39, 0.29) is 38.8 Å². The summed E-state index contributed by atoms with van der Waals surface area (Å²) in [6.45, 7) is 3.71. The highest BCUT2D eigenvalue weighted by Gasteiger charge is 2.16. The Balaban J connectivity index is 2.06. The summed E-state index contributed by atoms with van der Waals surface area (Å²) in [7, 11) is 1.41. The Kier molecular flexibility index (Phi) is 5.39. The van der Waals surface area contributed by atoms with Crippen LogP contribution in [0.5, 0.6) is 11.6 Å². The van der Waals surface area contributed by atoms with Gasteiger partial charge in [-0.15, -0.1) is 5.10 Å². The SMILES string of the molecule is CC(C)c1cc(Oc2c(Cl)cc(-n3c(=O)cnn(C)c3=O)cc2Cl)n[nH]c1=O. The Morgan fingerprint density at radius 2 is 1.75 bits per heavy atom. The van der Waals surface area contributed by atoms with Crippen molar-refractivity contribution in [3.63, 3.8) is 0 Å². The fraction of sp³-hybridized carbons (Fsp3) is 0.235. The van der Waals surface area contributed by atoms with Crippen molar-refractivity contribution in [2.45, 2.75) is 19.8 Å². The Hall–Kier alpha value is -2.91. The first-order valence-corrected chi connectivity index (χ1v) is 8.87. The molecule has 0 aliphatic rings. The van der Waals surface area contributed by atoms with Gasteiger partial charge in [0, 0.05) is 18.7 Å². The monoisotopic (exact) mass is 423 g/mol. The molecular formula is C17H15Cl2N5O4. The zero-order valence-corrected chi connectivity index (χ0v) is 16.6. The molecule has 9 nitrogen and oxygen atoms in total. The topological polar surface area (TPSA) is 112 Å². The fourth-order valence-corrected chi connectivity index (χ4v) is 3.03. The third-order valence-electron chi connectivity index (χ3n) is 3.91. The smallest absolute Gasteiger partial charge is 0.351 e. The molecule has 0 aliphatic heterocycles. The number of halogens is 2. The molecule has 0 spiro atoms. The van der Waals surface area contributed by atoms with Gasteiger partial charge in [-0.05, 0) is 18.1 Å². The summed E-state index contributed by atoms with van der Waals surface area (Å²) in [6.07, 6.45) is 1.01. The number of H-pyrrole nitrogens is 1. The second-order valence-corrected chi connectivity index (χ2v) is 7.02. The maximum atomic E-state index is 12.2. The molecule has 28 heavy (non-hydrogen) atoms. The second kappa shape index (κ2) is 7.61. The molecule has 146 valence electrons. The normalized spacial score (nSPS) is 11.1. The number of hydrogen-bond donors (Lipinski definition) is 1. The van der Waals surface area contributed by atoms with E-state index in [2.05, 4.69) is 15.3 Å². The van der Waals surface area contributed by atoms with E-state index in [1.807, 2.05) is 13.8 Å². The van der Waals surface area contributed by atoms with Crippen LogP contribution in [0.15, 0.2) is 38.8 Å². The highest BCUT2D eigenvalue weighted by molar-refractivity contribution is 6.37. The van der Waals surface area contributed by atoms with Crippen molar-refractivity contribution in [1.29, 1.82) is 0 Å². The molecule has 3 aromatic rings. The van der Waals surface area contributed by atoms with Gasteiger partial charge in [0.15, 0.2) is 5.75 Å². The summed E-state index contributed by atoms with van der Waals surface area (Å²) >= 11 is 12.5. The van der Waals surface area contributed by atoms with Crippen LogP contribution in [-0.2, 0) is 7.05 Å². The summed E-state index contributed by atoms with van der Waals surface area (Å²) in [4.78, 5) is 36.1. The van der Waals surface area contributed by atoms with Crippen LogP contribution >= 0.6 is 23.2 Å². The van der Waals surface area contributed by atoms with Crippen LogP contribution in [0.3, 0.4) is 0 Å². The molecule has 0 amide bonds. The van der Waals surface area contributed by atoms with E-state index in [1.54, 1.807) is 0 Å². The van der Waals surface area contributed by atoms with Crippen LogP contribution in [0.4, 0.5) is 0 Å². The Morgan fingerprint density at radius 3 is 2.36 bits per heavy atom. The van der Waals surface area contributed by atoms with Crippen LogP contribution in [0, 0.1) is 0 Å². The highest BCUT2D eigenvalue weighted by Crippen LogP contribution is 2.37. The van der Waals surface area contributed by atoms with Gasteiger partial charge in [-0.25, -0.2) is 19.1 Å². The van der Waals surface area contributed by atoms with E-state index in [0.717, 1.165) is 15.4 Å². The van der Waals surface area contributed by atoms with Crippen LogP contribution < -0.4 is 21.5 Å².